The normalized spacial score (nSPS) is 10.7. The van der Waals surface area contributed by atoms with Gasteiger partial charge in [-0.25, -0.2) is 9.78 Å². The summed E-state index contributed by atoms with van der Waals surface area (Å²) >= 11 is 0. The van der Waals surface area contributed by atoms with E-state index in [-0.39, 0.29) is 5.69 Å². The van der Waals surface area contributed by atoms with Crippen LogP contribution in [0.2, 0.25) is 0 Å². The average molecular weight is 257 g/mol. The molecule has 3 aromatic rings. The first kappa shape index (κ1) is 11.1. The van der Waals surface area contributed by atoms with Crippen LogP contribution in [0, 0.1) is 10.1 Å². The summed E-state index contributed by atoms with van der Waals surface area (Å²) in [6.45, 7) is 0. The number of non-ortho nitro benzene ring substituents is 1. The molecule has 3 rings (SSSR count). The maximum absolute atomic E-state index is 11.5. The molecule has 0 unspecified atom stereocenters. The van der Waals surface area contributed by atoms with Crippen LogP contribution in [-0.2, 0) is 0 Å². The lowest BCUT2D eigenvalue weighted by atomic mass is 10.1. The molecule has 8 heteroatoms. The van der Waals surface area contributed by atoms with Gasteiger partial charge in [0.2, 0.25) is 0 Å². The molecule has 94 valence electrons. The molecular formula is C11H7N5O3. The molecule has 0 saturated heterocycles. The van der Waals surface area contributed by atoms with Crippen molar-refractivity contribution in [2.75, 3.05) is 0 Å². The Labute approximate surface area is 105 Å². The van der Waals surface area contributed by atoms with Gasteiger partial charge in [0.15, 0.2) is 5.65 Å². The molecule has 0 aliphatic heterocycles. The van der Waals surface area contributed by atoms with Crippen LogP contribution >= 0.6 is 0 Å². The Balaban J connectivity index is 2.17. The molecule has 2 heterocycles. The minimum atomic E-state index is -0.469. The van der Waals surface area contributed by atoms with E-state index in [9.17, 15) is 14.9 Å². The van der Waals surface area contributed by atoms with Crippen LogP contribution in [0.3, 0.4) is 0 Å². The van der Waals surface area contributed by atoms with E-state index >= 15 is 0 Å². The summed E-state index contributed by atoms with van der Waals surface area (Å²) in [7, 11) is 0. The first-order chi connectivity index (χ1) is 9.16. The number of rotatable bonds is 2. The van der Waals surface area contributed by atoms with E-state index in [4.69, 9.17) is 0 Å². The number of fused-ring (bicyclic) bond motifs is 1. The summed E-state index contributed by atoms with van der Waals surface area (Å²) in [5, 5.41) is 14.5. The van der Waals surface area contributed by atoms with Gasteiger partial charge in [0.05, 0.1) is 17.4 Å². The fourth-order valence-electron chi connectivity index (χ4n) is 1.79. The third-order valence-corrected chi connectivity index (χ3v) is 2.70. The molecule has 0 aliphatic carbocycles. The highest BCUT2D eigenvalue weighted by Crippen LogP contribution is 2.24. The molecule has 0 fully saturated rings. The predicted molar refractivity (Wildman–Crippen MR) is 65.7 cm³/mol. The molecular weight excluding hydrogens is 250 g/mol. The van der Waals surface area contributed by atoms with Crippen molar-refractivity contribution in [1.29, 1.82) is 0 Å². The highest BCUT2D eigenvalue weighted by Gasteiger charge is 2.11. The average Bonchev–Trinajstić information content (AvgIpc) is 2.84. The van der Waals surface area contributed by atoms with Gasteiger partial charge >= 0.3 is 5.69 Å². The number of nitro groups is 1. The number of nitrogens with zero attached hydrogens (tertiary/aromatic N) is 4. The third kappa shape index (κ3) is 1.75. The highest BCUT2D eigenvalue weighted by atomic mass is 16.6. The van der Waals surface area contributed by atoms with Crippen molar-refractivity contribution in [2.24, 2.45) is 0 Å². The second-order valence-corrected chi connectivity index (χ2v) is 3.81. The van der Waals surface area contributed by atoms with Crippen LogP contribution in [0.5, 0.6) is 0 Å². The Kier molecular flexibility index (Phi) is 2.34. The van der Waals surface area contributed by atoms with Crippen molar-refractivity contribution >= 4 is 11.3 Å². The summed E-state index contributed by atoms with van der Waals surface area (Å²) in [5.41, 5.74) is 1.36. The standard InChI is InChI=1S/C11H7N5O3/c17-11-13-6-12-10-9(5-14-15(10)11)7-1-3-8(4-2-7)16(18)19/h1-6H,(H,12,13,17). The molecule has 1 aromatic carbocycles. The molecule has 0 aliphatic rings. The van der Waals surface area contributed by atoms with Crippen LogP contribution in [0.25, 0.3) is 16.8 Å². The molecule has 0 atom stereocenters. The number of aromatic amines is 1. The quantitative estimate of drug-likeness (QED) is 0.544. The maximum Gasteiger partial charge on any atom is 0.349 e. The topological polar surface area (TPSA) is 106 Å². The second kappa shape index (κ2) is 4.02. The van der Waals surface area contributed by atoms with E-state index in [0.29, 0.717) is 16.8 Å². The fraction of sp³-hybridized carbons (Fsp3) is 0. The van der Waals surface area contributed by atoms with E-state index in [1.165, 1.54) is 24.7 Å². The fourth-order valence-corrected chi connectivity index (χ4v) is 1.79. The first-order valence-electron chi connectivity index (χ1n) is 5.33. The third-order valence-electron chi connectivity index (χ3n) is 2.70. The van der Waals surface area contributed by atoms with Gasteiger partial charge in [0, 0.05) is 17.7 Å². The van der Waals surface area contributed by atoms with E-state index in [0.717, 1.165) is 4.52 Å². The Morgan fingerprint density at radius 3 is 2.68 bits per heavy atom. The number of benzene rings is 1. The lowest BCUT2D eigenvalue weighted by molar-refractivity contribution is -0.384. The SMILES string of the molecule is O=c1[nH]cnc2c(-c3ccc([N+](=O)[O-])cc3)cnn12. The van der Waals surface area contributed by atoms with Gasteiger partial charge in [-0.2, -0.15) is 9.61 Å². The van der Waals surface area contributed by atoms with Gasteiger partial charge in [-0.3, -0.25) is 15.1 Å². The van der Waals surface area contributed by atoms with E-state index in [1.54, 1.807) is 12.1 Å². The lowest BCUT2D eigenvalue weighted by Gasteiger charge is -1.98. The van der Waals surface area contributed by atoms with Gasteiger partial charge < -0.3 is 0 Å². The van der Waals surface area contributed by atoms with Gasteiger partial charge in [0.25, 0.3) is 5.69 Å². The number of hydrogen-bond donors (Lipinski definition) is 1. The Hall–Kier alpha value is -3.03. The summed E-state index contributed by atoms with van der Waals surface area (Å²) in [6.07, 6.45) is 2.78. The molecule has 0 bridgehead atoms. The van der Waals surface area contributed by atoms with Gasteiger partial charge in [-0.05, 0) is 17.7 Å². The Morgan fingerprint density at radius 1 is 1.26 bits per heavy atom. The van der Waals surface area contributed by atoms with Crippen molar-refractivity contribution in [1.82, 2.24) is 19.6 Å². The van der Waals surface area contributed by atoms with Crippen LogP contribution in [-0.4, -0.2) is 24.5 Å². The van der Waals surface area contributed by atoms with Crippen LogP contribution in [0.4, 0.5) is 5.69 Å². The lowest BCUT2D eigenvalue weighted by Crippen LogP contribution is -2.17. The zero-order chi connectivity index (χ0) is 13.4. The molecule has 2 aromatic heterocycles. The smallest absolute Gasteiger partial charge is 0.296 e. The zero-order valence-corrected chi connectivity index (χ0v) is 9.48. The van der Waals surface area contributed by atoms with E-state index in [2.05, 4.69) is 15.1 Å². The van der Waals surface area contributed by atoms with Crippen molar-refractivity contribution in [3.05, 3.63) is 57.4 Å². The first-order valence-corrected chi connectivity index (χ1v) is 5.33. The monoisotopic (exact) mass is 257 g/mol. The van der Waals surface area contributed by atoms with Crippen LogP contribution in [0.1, 0.15) is 0 Å². The Morgan fingerprint density at radius 2 is 2.00 bits per heavy atom. The molecule has 0 amide bonds. The van der Waals surface area contributed by atoms with Crippen molar-refractivity contribution in [3.8, 4) is 11.1 Å². The van der Waals surface area contributed by atoms with E-state index < -0.39 is 10.6 Å². The maximum atomic E-state index is 11.5. The van der Waals surface area contributed by atoms with Crippen molar-refractivity contribution < 1.29 is 4.92 Å². The number of H-pyrrole nitrogens is 1. The highest BCUT2D eigenvalue weighted by molar-refractivity contribution is 5.77. The van der Waals surface area contributed by atoms with Crippen LogP contribution in [0.15, 0.2) is 41.6 Å². The minimum absolute atomic E-state index is 0.00558. The Bertz CT molecular complexity index is 818. The largest absolute Gasteiger partial charge is 0.349 e. The zero-order valence-electron chi connectivity index (χ0n) is 9.48. The van der Waals surface area contributed by atoms with Crippen LogP contribution < -0.4 is 5.69 Å². The molecule has 0 spiro atoms. The van der Waals surface area contributed by atoms with Gasteiger partial charge in [-0.15, -0.1) is 0 Å². The second-order valence-electron chi connectivity index (χ2n) is 3.81. The number of aromatic nitrogens is 4. The molecule has 19 heavy (non-hydrogen) atoms. The van der Waals surface area contributed by atoms with Crippen molar-refractivity contribution in [3.63, 3.8) is 0 Å². The molecule has 1 N–H and O–H groups in total. The van der Waals surface area contributed by atoms with Gasteiger partial charge in [-0.1, -0.05) is 0 Å². The van der Waals surface area contributed by atoms with Gasteiger partial charge in [0.1, 0.15) is 0 Å². The molecule has 8 nitrogen and oxygen atoms in total. The minimum Gasteiger partial charge on any atom is -0.296 e. The van der Waals surface area contributed by atoms with Crippen molar-refractivity contribution in [2.45, 2.75) is 0 Å². The molecule has 0 radical (unpaired) electrons. The number of hydrogen-bond acceptors (Lipinski definition) is 5. The number of nitrogens with one attached hydrogen (secondary N) is 1. The number of nitro benzene ring substituents is 1. The summed E-state index contributed by atoms with van der Waals surface area (Å²) in [6, 6.07) is 5.98. The van der Waals surface area contributed by atoms with E-state index in [1.807, 2.05) is 0 Å². The summed E-state index contributed by atoms with van der Waals surface area (Å²) < 4.78 is 1.14. The summed E-state index contributed by atoms with van der Waals surface area (Å²) in [4.78, 5) is 28.1. The summed E-state index contributed by atoms with van der Waals surface area (Å²) in [5.74, 6) is 0. The predicted octanol–water partition coefficient (Wildman–Crippen LogP) is 0.993. The molecule has 0 saturated carbocycles.